The quantitative estimate of drug-likeness (QED) is 0.384. The fraction of sp³-hybridized carbons (Fsp3) is 0.0476. The predicted molar refractivity (Wildman–Crippen MR) is 100 cm³/mol. The largest absolute Gasteiger partial charge is 0.342 e. The van der Waals surface area contributed by atoms with Crippen LogP contribution in [0.3, 0.4) is 0 Å². The van der Waals surface area contributed by atoms with Gasteiger partial charge in [0.1, 0.15) is 0 Å². The summed E-state index contributed by atoms with van der Waals surface area (Å²) in [5, 5.41) is 2.62. The molecule has 122 valence electrons. The van der Waals surface area contributed by atoms with E-state index in [0.29, 0.717) is 17.0 Å². The van der Waals surface area contributed by atoms with Crippen molar-refractivity contribution in [1.82, 2.24) is 4.57 Å². The highest BCUT2D eigenvalue weighted by Crippen LogP contribution is 2.24. The molecule has 2 aromatic carbocycles. The fourth-order valence-electron chi connectivity index (χ4n) is 2.98. The molecule has 0 atom stereocenters. The number of aromatic nitrogens is 1. The molecule has 4 aromatic rings. The Balaban J connectivity index is 1.77. The van der Waals surface area contributed by atoms with Crippen molar-refractivity contribution < 1.29 is 9.59 Å². The topological polar surface area (TPSA) is 39.1 Å². The molecule has 0 unspecified atom stereocenters. The zero-order chi connectivity index (χ0) is 17.2. The van der Waals surface area contributed by atoms with Gasteiger partial charge in [0.15, 0.2) is 0 Å². The van der Waals surface area contributed by atoms with Gasteiger partial charge in [0, 0.05) is 23.6 Å². The number of hydrogen-bond acceptors (Lipinski definition) is 3. The van der Waals surface area contributed by atoms with Crippen molar-refractivity contribution >= 4 is 33.8 Å². The Kier molecular flexibility index (Phi) is 4.04. The molecule has 2 aromatic heterocycles. The predicted octanol–water partition coefficient (Wildman–Crippen LogP) is 4.82. The van der Waals surface area contributed by atoms with Crippen LogP contribution < -0.4 is 0 Å². The molecule has 0 bridgehead atoms. The first-order valence-corrected chi connectivity index (χ1v) is 8.86. The second-order valence-corrected chi connectivity index (χ2v) is 6.76. The molecule has 0 aliphatic heterocycles. The zero-order valence-corrected chi connectivity index (χ0v) is 14.2. The molecule has 0 saturated carbocycles. The maximum Gasteiger partial charge on any atom is 0.243 e. The van der Waals surface area contributed by atoms with E-state index in [-0.39, 0.29) is 0 Å². The van der Waals surface area contributed by atoms with Gasteiger partial charge in [0.2, 0.25) is 11.6 Å². The van der Waals surface area contributed by atoms with Crippen LogP contribution in [-0.2, 0) is 6.54 Å². The van der Waals surface area contributed by atoms with Crippen molar-refractivity contribution in [3.05, 3.63) is 94.3 Å². The normalized spacial score (nSPS) is 10.9. The summed E-state index contributed by atoms with van der Waals surface area (Å²) < 4.78 is 2.03. The molecule has 0 spiro atoms. The number of hydrogen-bond donors (Lipinski definition) is 0. The van der Waals surface area contributed by atoms with Crippen molar-refractivity contribution in [2.45, 2.75) is 6.54 Å². The monoisotopic (exact) mass is 345 g/mol. The summed E-state index contributed by atoms with van der Waals surface area (Å²) in [4.78, 5) is 25.7. The minimum atomic E-state index is -0.453. The highest BCUT2D eigenvalue weighted by molar-refractivity contribution is 7.13. The average Bonchev–Trinajstić information content (AvgIpc) is 3.30. The van der Waals surface area contributed by atoms with Crippen LogP contribution in [0, 0.1) is 0 Å². The van der Waals surface area contributed by atoms with Crippen molar-refractivity contribution in [2.24, 2.45) is 0 Å². The first-order valence-electron chi connectivity index (χ1n) is 7.98. The standard InChI is InChI=1S/C21H15NO2S/c23-20(21(24)19-11-6-12-25-19)17-14-22(13-15-7-2-1-3-8-15)18-10-5-4-9-16(17)18/h1-12,14H,13H2. The number of carbonyl (C=O) groups is 2. The van der Waals surface area contributed by atoms with Gasteiger partial charge < -0.3 is 4.57 Å². The first-order chi connectivity index (χ1) is 12.2. The van der Waals surface area contributed by atoms with Gasteiger partial charge in [-0.05, 0) is 23.1 Å². The average molecular weight is 345 g/mol. The Bertz CT molecular complexity index is 1050. The summed E-state index contributed by atoms with van der Waals surface area (Å²) in [6.07, 6.45) is 1.80. The number of fused-ring (bicyclic) bond motifs is 1. The van der Waals surface area contributed by atoms with E-state index in [1.54, 1.807) is 23.7 Å². The molecule has 25 heavy (non-hydrogen) atoms. The van der Waals surface area contributed by atoms with E-state index in [1.165, 1.54) is 11.3 Å². The van der Waals surface area contributed by atoms with Crippen molar-refractivity contribution in [2.75, 3.05) is 0 Å². The van der Waals surface area contributed by atoms with Crippen LogP contribution in [0.5, 0.6) is 0 Å². The van der Waals surface area contributed by atoms with E-state index in [1.807, 2.05) is 59.2 Å². The summed E-state index contributed by atoms with van der Waals surface area (Å²) in [5.41, 5.74) is 2.56. The van der Waals surface area contributed by atoms with Gasteiger partial charge >= 0.3 is 0 Å². The van der Waals surface area contributed by atoms with Crippen LogP contribution >= 0.6 is 11.3 Å². The zero-order valence-electron chi connectivity index (χ0n) is 13.4. The third-order valence-electron chi connectivity index (χ3n) is 4.18. The summed E-state index contributed by atoms with van der Waals surface area (Å²) in [7, 11) is 0. The molecule has 0 fully saturated rings. The van der Waals surface area contributed by atoms with Gasteiger partial charge in [0.05, 0.1) is 10.4 Å². The second kappa shape index (κ2) is 6.49. The lowest BCUT2D eigenvalue weighted by atomic mass is 10.1. The molecular weight excluding hydrogens is 330 g/mol. The lowest BCUT2D eigenvalue weighted by molar-refractivity contribution is 0.0820. The Morgan fingerprint density at radius 2 is 1.60 bits per heavy atom. The molecular formula is C21H15NO2S. The van der Waals surface area contributed by atoms with Gasteiger partial charge in [-0.25, -0.2) is 0 Å². The number of thiophene rings is 1. The van der Waals surface area contributed by atoms with Gasteiger partial charge in [-0.2, -0.15) is 0 Å². The van der Waals surface area contributed by atoms with Crippen LogP contribution in [0.4, 0.5) is 0 Å². The summed E-state index contributed by atoms with van der Waals surface area (Å²) in [6, 6.07) is 21.2. The number of carbonyl (C=O) groups excluding carboxylic acids is 2. The van der Waals surface area contributed by atoms with Crippen LogP contribution in [-0.4, -0.2) is 16.1 Å². The summed E-state index contributed by atoms with van der Waals surface area (Å²) in [5.74, 6) is -0.900. The molecule has 3 nitrogen and oxygen atoms in total. The fourth-order valence-corrected chi connectivity index (χ4v) is 3.64. The smallest absolute Gasteiger partial charge is 0.243 e. The van der Waals surface area contributed by atoms with Crippen molar-refractivity contribution in [3.8, 4) is 0 Å². The minimum absolute atomic E-state index is 0.447. The molecule has 4 heteroatoms. The number of benzene rings is 2. The lowest BCUT2D eigenvalue weighted by Crippen LogP contribution is -2.12. The molecule has 0 aliphatic carbocycles. The Labute approximate surface area is 149 Å². The molecule has 0 saturated heterocycles. The number of Topliss-reactive ketones (excluding diaryl/α,β-unsaturated/α-hetero) is 2. The third kappa shape index (κ3) is 2.92. The molecule has 0 amide bonds. The van der Waals surface area contributed by atoms with Gasteiger partial charge in [0.25, 0.3) is 0 Å². The van der Waals surface area contributed by atoms with Crippen LogP contribution in [0.25, 0.3) is 10.9 Å². The molecule has 2 heterocycles. The third-order valence-corrected chi connectivity index (χ3v) is 5.05. The van der Waals surface area contributed by atoms with E-state index < -0.39 is 11.6 Å². The summed E-state index contributed by atoms with van der Waals surface area (Å²) >= 11 is 1.29. The molecule has 0 radical (unpaired) electrons. The SMILES string of the molecule is O=C(C(=O)c1cn(Cc2ccccc2)c2ccccc12)c1cccs1. The summed E-state index contributed by atoms with van der Waals surface area (Å²) in [6.45, 7) is 0.655. The molecule has 0 N–H and O–H groups in total. The van der Waals surface area contributed by atoms with E-state index >= 15 is 0 Å². The maximum absolute atomic E-state index is 12.8. The van der Waals surface area contributed by atoms with Gasteiger partial charge in [-0.15, -0.1) is 11.3 Å². The highest BCUT2D eigenvalue weighted by Gasteiger charge is 2.23. The second-order valence-electron chi connectivity index (χ2n) is 5.81. The van der Waals surface area contributed by atoms with E-state index in [2.05, 4.69) is 0 Å². The van der Waals surface area contributed by atoms with Crippen LogP contribution in [0.1, 0.15) is 25.6 Å². The van der Waals surface area contributed by atoms with Crippen molar-refractivity contribution in [1.29, 1.82) is 0 Å². The van der Waals surface area contributed by atoms with E-state index in [9.17, 15) is 9.59 Å². The molecule has 4 rings (SSSR count). The highest BCUT2D eigenvalue weighted by atomic mass is 32.1. The Hall–Kier alpha value is -2.98. The van der Waals surface area contributed by atoms with Gasteiger partial charge in [-0.1, -0.05) is 54.6 Å². The number of nitrogens with zero attached hydrogens (tertiary/aromatic N) is 1. The van der Waals surface area contributed by atoms with Crippen molar-refractivity contribution in [3.63, 3.8) is 0 Å². The maximum atomic E-state index is 12.8. The Morgan fingerprint density at radius 3 is 2.36 bits per heavy atom. The lowest BCUT2D eigenvalue weighted by Gasteiger charge is -2.05. The number of para-hydroxylation sites is 1. The number of rotatable bonds is 5. The molecule has 0 aliphatic rings. The minimum Gasteiger partial charge on any atom is -0.342 e. The first kappa shape index (κ1) is 15.5. The van der Waals surface area contributed by atoms with Crippen LogP contribution in [0.15, 0.2) is 78.3 Å². The van der Waals surface area contributed by atoms with E-state index in [0.717, 1.165) is 16.5 Å². The number of ketones is 2. The Morgan fingerprint density at radius 1 is 0.840 bits per heavy atom. The van der Waals surface area contributed by atoms with Gasteiger partial charge in [-0.3, -0.25) is 9.59 Å². The van der Waals surface area contributed by atoms with E-state index in [4.69, 9.17) is 0 Å². The van der Waals surface area contributed by atoms with Crippen LogP contribution in [0.2, 0.25) is 0 Å².